The first-order valence-corrected chi connectivity index (χ1v) is 5.38. The number of aliphatic carboxylic acids is 1. The summed E-state index contributed by atoms with van der Waals surface area (Å²) in [5, 5.41) is 8.68. The Morgan fingerprint density at radius 2 is 2.06 bits per heavy atom. The molecule has 1 N–H and O–H groups in total. The molecule has 0 aliphatic rings. The lowest BCUT2D eigenvalue weighted by Gasteiger charge is -2.35. The maximum atomic E-state index is 12.1. The van der Waals surface area contributed by atoms with Crippen molar-refractivity contribution in [2.75, 3.05) is 6.54 Å². The minimum Gasteiger partial charge on any atom is -0.481 e. The predicted octanol–water partition coefficient (Wildman–Crippen LogP) is 2.00. The summed E-state index contributed by atoms with van der Waals surface area (Å²) in [6, 6.07) is 1.57. The van der Waals surface area contributed by atoms with Gasteiger partial charge in [0.25, 0.3) is 5.91 Å². The lowest BCUT2D eigenvalue weighted by molar-refractivity contribution is -0.137. The molecule has 0 unspecified atom stereocenters. The molecule has 1 rings (SSSR count). The van der Waals surface area contributed by atoms with E-state index in [-0.39, 0.29) is 18.9 Å². The fraction of sp³-hybridized carbons (Fsp3) is 0.500. The van der Waals surface area contributed by atoms with Gasteiger partial charge in [0, 0.05) is 12.1 Å². The summed E-state index contributed by atoms with van der Waals surface area (Å²) < 4.78 is 4.86. The Bertz CT molecular complexity index is 389. The molecule has 1 aromatic rings. The molecule has 0 saturated carbocycles. The normalized spacial score (nSPS) is 11.2. The lowest BCUT2D eigenvalue weighted by Crippen LogP contribution is -2.46. The maximum Gasteiger partial charge on any atom is 0.305 e. The van der Waals surface area contributed by atoms with Gasteiger partial charge >= 0.3 is 5.97 Å². The van der Waals surface area contributed by atoms with Crippen LogP contribution in [0.2, 0.25) is 0 Å². The molecule has 0 aromatic carbocycles. The Morgan fingerprint density at radius 1 is 1.41 bits per heavy atom. The van der Waals surface area contributed by atoms with Crippen LogP contribution in [0.1, 0.15) is 37.6 Å². The molecule has 17 heavy (non-hydrogen) atoms. The Labute approximate surface area is 100 Å². The van der Waals surface area contributed by atoms with E-state index in [1.165, 1.54) is 17.4 Å². The molecule has 0 bridgehead atoms. The maximum absolute atomic E-state index is 12.1. The van der Waals surface area contributed by atoms with Crippen molar-refractivity contribution in [3.63, 3.8) is 0 Å². The van der Waals surface area contributed by atoms with E-state index in [0.29, 0.717) is 5.56 Å². The quantitative estimate of drug-likeness (QED) is 0.872. The monoisotopic (exact) mass is 239 g/mol. The van der Waals surface area contributed by atoms with Gasteiger partial charge in [0.05, 0.1) is 18.2 Å². The number of nitrogens with zero attached hydrogens (tertiary/aromatic N) is 1. The highest BCUT2D eigenvalue weighted by atomic mass is 16.4. The van der Waals surface area contributed by atoms with Crippen molar-refractivity contribution in [1.82, 2.24) is 4.90 Å². The molecule has 0 radical (unpaired) electrons. The first-order valence-electron chi connectivity index (χ1n) is 5.38. The van der Waals surface area contributed by atoms with Crippen molar-refractivity contribution in [3.05, 3.63) is 24.2 Å². The first-order chi connectivity index (χ1) is 7.82. The standard InChI is InChI=1S/C12H17NO4/c1-12(2,3)13(6-4-10(14)15)11(16)9-5-7-17-8-9/h5,7-8H,4,6H2,1-3H3,(H,14,15). The van der Waals surface area contributed by atoms with E-state index in [0.717, 1.165) is 0 Å². The molecule has 94 valence electrons. The van der Waals surface area contributed by atoms with E-state index < -0.39 is 11.5 Å². The van der Waals surface area contributed by atoms with Crippen LogP contribution in [0.25, 0.3) is 0 Å². The minimum absolute atomic E-state index is 0.0686. The average Bonchev–Trinajstić information content (AvgIpc) is 2.67. The summed E-state index contributed by atoms with van der Waals surface area (Å²) in [5.41, 5.74) is 0.00869. The number of amides is 1. The largest absolute Gasteiger partial charge is 0.481 e. The van der Waals surface area contributed by atoms with E-state index in [1.54, 1.807) is 6.07 Å². The van der Waals surface area contributed by atoms with Crippen LogP contribution < -0.4 is 0 Å². The molecule has 0 saturated heterocycles. The Balaban J connectivity index is 2.84. The Kier molecular flexibility index (Phi) is 3.93. The predicted molar refractivity (Wildman–Crippen MR) is 61.8 cm³/mol. The van der Waals surface area contributed by atoms with Gasteiger partial charge in [-0.15, -0.1) is 0 Å². The SMILES string of the molecule is CC(C)(C)N(CCC(=O)O)C(=O)c1ccoc1. The van der Waals surface area contributed by atoms with E-state index in [2.05, 4.69) is 0 Å². The molecule has 0 atom stereocenters. The molecular weight excluding hydrogens is 222 g/mol. The first kappa shape index (κ1) is 13.3. The van der Waals surface area contributed by atoms with E-state index in [4.69, 9.17) is 9.52 Å². The number of hydrogen-bond acceptors (Lipinski definition) is 3. The molecule has 0 aliphatic carbocycles. The molecule has 5 heteroatoms. The van der Waals surface area contributed by atoms with Gasteiger partial charge in [-0.3, -0.25) is 9.59 Å². The smallest absolute Gasteiger partial charge is 0.305 e. The molecule has 1 aromatic heterocycles. The van der Waals surface area contributed by atoms with Crippen molar-refractivity contribution >= 4 is 11.9 Å². The van der Waals surface area contributed by atoms with Crippen LogP contribution in [0.3, 0.4) is 0 Å². The van der Waals surface area contributed by atoms with Crippen LogP contribution in [-0.4, -0.2) is 34.0 Å². The zero-order chi connectivity index (χ0) is 13.1. The zero-order valence-corrected chi connectivity index (χ0v) is 10.3. The van der Waals surface area contributed by atoms with E-state index >= 15 is 0 Å². The van der Waals surface area contributed by atoms with Crippen molar-refractivity contribution in [3.8, 4) is 0 Å². The Morgan fingerprint density at radius 3 is 2.47 bits per heavy atom. The van der Waals surface area contributed by atoms with Crippen LogP contribution in [0.5, 0.6) is 0 Å². The minimum atomic E-state index is -0.917. The second kappa shape index (κ2) is 5.03. The molecule has 0 aliphatic heterocycles. The third kappa shape index (κ3) is 3.62. The number of hydrogen-bond donors (Lipinski definition) is 1. The van der Waals surface area contributed by atoms with E-state index in [9.17, 15) is 9.59 Å². The highest BCUT2D eigenvalue weighted by Crippen LogP contribution is 2.18. The number of rotatable bonds is 4. The lowest BCUT2D eigenvalue weighted by atomic mass is 10.0. The summed E-state index contributed by atoms with van der Waals surface area (Å²) in [7, 11) is 0. The van der Waals surface area contributed by atoms with Crippen molar-refractivity contribution < 1.29 is 19.1 Å². The van der Waals surface area contributed by atoms with Crippen molar-refractivity contribution in [2.45, 2.75) is 32.7 Å². The van der Waals surface area contributed by atoms with Crippen LogP contribution in [-0.2, 0) is 4.79 Å². The van der Waals surface area contributed by atoms with Gasteiger partial charge in [-0.05, 0) is 26.8 Å². The topological polar surface area (TPSA) is 70.8 Å². The molecule has 0 spiro atoms. The van der Waals surface area contributed by atoms with Gasteiger partial charge < -0.3 is 14.4 Å². The van der Waals surface area contributed by atoms with Gasteiger partial charge in [-0.2, -0.15) is 0 Å². The van der Waals surface area contributed by atoms with Crippen LogP contribution >= 0.6 is 0 Å². The van der Waals surface area contributed by atoms with Crippen LogP contribution in [0.15, 0.2) is 23.0 Å². The third-order valence-corrected chi connectivity index (χ3v) is 2.37. The van der Waals surface area contributed by atoms with E-state index in [1.807, 2.05) is 20.8 Å². The summed E-state index contributed by atoms with van der Waals surface area (Å²) in [5.74, 6) is -1.13. The summed E-state index contributed by atoms with van der Waals surface area (Å²) >= 11 is 0. The fourth-order valence-electron chi connectivity index (χ4n) is 1.49. The summed E-state index contributed by atoms with van der Waals surface area (Å²) in [6.45, 7) is 5.79. The molecule has 0 fully saturated rings. The van der Waals surface area contributed by atoms with Gasteiger partial charge in [0.1, 0.15) is 6.26 Å². The second-order valence-corrected chi connectivity index (χ2v) is 4.78. The number of carbonyl (C=O) groups excluding carboxylic acids is 1. The summed E-state index contributed by atoms with van der Waals surface area (Å²) in [6.07, 6.45) is 2.72. The van der Waals surface area contributed by atoms with Gasteiger partial charge in [0.15, 0.2) is 0 Å². The summed E-state index contributed by atoms with van der Waals surface area (Å²) in [4.78, 5) is 24.3. The second-order valence-electron chi connectivity index (χ2n) is 4.78. The third-order valence-electron chi connectivity index (χ3n) is 2.37. The molecule has 1 amide bonds. The number of carboxylic acid groups (broad SMARTS) is 1. The zero-order valence-electron chi connectivity index (χ0n) is 10.3. The number of carboxylic acids is 1. The fourth-order valence-corrected chi connectivity index (χ4v) is 1.49. The van der Waals surface area contributed by atoms with Crippen molar-refractivity contribution in [1.29, 1.82) is 0 Å². The average molecular weight is 239 g/mol. The van der Waals surface area contributed by atoms with Gasteiger partial charge in [0.2, 0.25) is 0 Å². The molecule has 5 nitrogen and oxygen atoms in total. The highest BCUT2D eigenvalue weighted by molar-refractivity contribution is 5.94. The number of furan rings is 1. The molecule has 1 heterocycles. The van der Waals surface area contributed by atoms with Crippen LogP contribution in [0, 0.1) is 0 Å². The number of carbonyl (C=O) groups is 2. The van der Waals surface area contributed by atoms with Gasteiger partial charge in [-0.25, -0.2) is 0 Å². The highest BCUT2D eigenvalue weighted by Gasteiger charge is 2.28. The Hall–Kier alpha value is -1.78. The van der Waals surface area contributed by atoms with Crippen molar-refractivity contribution in [2.24, 2.45) is 0 Å². The van der Waals surface area contributed by atoms with Crippen LogP contribution in [0.4, 0.5) is 0 Å². The molecular formula is C12H17NO4. The van der Waals surface area contributed by atoms with Gasteiger partial charge in [-0.1, -0.05) is 0 Å².